The summed E-state index contributed by atoms with van der Waals surface area (Å²) in [5.41, 5.74) is 2.17. The van der Waals surface area contributed by atoms with Gasteiger partial charge in [-0.3, -0.25) is 0 Å². The minimum Gasteiger partial charge on any atom is -0.339 e. The summed E-state index contributed by atoms with van der Waals surface area (Å²) in [5, 5.41) is 14.7. The summed E-state index contributed by atoms with van der Waals surface area (Å²) >= 11 is 7.68. The summed E-state index contributed by atoms with van der Waals surface area (Å²) in [6.07, 6.45) is 4.08. The van der Waals surface area contributed by atoms with Crippen LogP contribution in [0, 0.1) is 0 Å². The fourth-order valence-corrected chi connectivity index (χ4v) is 4.43. The van der Waals surface area contributed by atoms with E-state index in [0.717, 1.165) is 41.7 Å². The van der Waals surface area contributed by atoms with E-state index >= 15 is 0 Å². The molecular weight excluding hydrogens is 430 g/mol. The average Bonchev–Trinajstić information content (AvgIpc) is 3.40. The molecule has 1 aliphatic rings. The fourth-order valence-electron chi connectivity index (χ4n) is 3.42. The maximum absolute atomic E-state index is 5.94. The van der Waals surface area contributed by atoms with Crippen LogP contribution >= 0.6 is 23.4 Å². The number of rotatable bonds is 9. The third kappa shape index (κ3) is 4.99. The quantitative estimate of drug-likeness (QED) is 0.242. The van der Waals surface area contributed by atoms with Crippen LogP contribution in [0.4, 0.5) is 0 Å². The number of hydrogen-bond acceptors (Lipinski definition) is 6. The molecule has 0 N–H and O–H groups in total. The van der Waals surface area contributed by atoms with Crippen molar-refractivity contribution in [3.63, 3.8) is 0 Å². The van der Waals surface area contributed by atoms with Crippen molar-refractivity contribution in [3.05, 3.63) is 76.9 Å². The summed E-state index contributed by atoms with van der Waals surface area (Å²) in [4.78, 5) is 4.50. The van der Waals surface area contributed by atoms with Crippen molar-refractivity contribution < 1.29 is 4.52 Å². The Morgan fingerprint density at radius 1 is 1.03 bits per heavy atom. The largest absolute Gasteiger partial charge is 0.339 e. The van der Waals surface area contributed by atoms with Crippen LogP contribution in [0.5, 0.6) is 0 Å². The lowest BCUT2D eigenvalue weighted by molar-refractivity contribution is 0.378. The van der Waals surface area contributed by atoms with E-state index in [2.05, 4.69) is 49.2 Å². The first-order valence-corrected chi connectivity index (χ1v) is 11.8. The van der Waals surface area contributed by atoms with E-state index in [9.17, 15) is 0 Å². The van der Waals surface area contributed by atoms with Crippen molar-refractivity contribution >= 4 is 23.4 Å². The van der Waals surface area contributed by atoms with Crippen LogP contribution in [0.1, 0.15) is 42.5 Å². The second-order valence-electron chi connectivity index (χ2n) is 7.66. The van der Waals surface area contributed by atoms with Gasteiger partial charge in [-0.15, -0.1) is 10.2 Å². The molecule has 6 nitrogen and oxygen atoms in total. The van der Waals surface area contributed by atoms with Crippen LogP contribution < -0.4 is 0 Å². The summed E-state index contributed by atoms with van der Waals surface area (Å²) in [6, 6.07) is 17.9. The lowest BCUT2D eigenvalue weighted by atomic mass is 10.2. The van der Waals surface area contributed by atoms with E-state index < -0.39 is 0 Å². The predicted octanol–water partition coefficient (Wildman–Crippen LogP) is 5.63. The summed E-state index contributed by atoms with van der Waals surface area (Å²) in [7, 11) is 0. The van der Waals surface area contributed by atoms with Crippen LogP contribution in [-0.4, -0.2) is 30.7 Å². The molecule has 0 atom stereocenters. The lowest BCUT2D eigenvalue weighted by Crippen LogP contribution is -2.06. The summed E-state index contributed by atoms with van der Waals surface area (Å²) < 4.78 is 7.69. The second-order valence-corrected chi connectivity index (χ2v) is 9.16. The molecular formula is C23H22ClN5OS. The van der Waals surface area contributed by atoms with Crippen LogP contribution in [0.15, 0.2) is 64.3 Å². The molecule has 158 valence electrons. The number of thioether (sulfide) groups is 1. The molecule has 1 fully saturated rings. The number of aryl methyl sites for hydroxylation is 1. The van der Waals surface area contributed by atoms with Crippen molar-refractivity contribution in [2.75, 3.05) is 5.75 Å². The van der Waals surface area contributed by atoms with Crippen molar-refractivity contribution in [1.82, 2.24) is 24.9 Å². The first-order chi connectivity index (χ1) is 15.3. The minimum absolute atomic E-state index is 0.565. The lowest BCUT2D eigenvalue weighted by Gasteiger charge is -2.09. The predicted molar refractivity (Wildman–Crippen MR) is 121 cm³/mol. The van der Waals surface area contributed by atoms with Gasteiger partial charge in [0.2, 0.25) is 11.7 Å². The fraction of sp³-hybridized carbons (Fsp3) is 0.304. The molecule has 4 aromatic rings. The van der Waals surface area contributed by atoms with Crippen molar-refractivity contribution in [1.29, 1.82) is 0 Å². The minimum atomic E-state index is 0.565. The van der Waals surface area contributed by atoms with Gasteiger partial charge in [0.1, 0.15) is 5.82 Å². The molecule has 0 amide bonds. The Balaban J connectivity index is 1.19. The van der Waals surface area contributed by atoms with Crippen LogP contribution in [0.3, 0.4) is 0 Å². The SMILES string of the molecule is Clc1ccc(-c2noc(CCCSc3nnc(C4CC4)n3Cc3ccccc3)n2)cc1. The highest BCUT2D eigenvalue weighted by Gasteiger charge is 2.30. The van der Waals surface area contributed by atoms with Crippen molar-refractivity contribution in [2.45, 2.75) is 43.3 Å². The van der Waals surface area contributed by atoms with E-state index in [0.29, 0.717) is 22.7 Å². The topological polar surface area (TPSA) is 69.6 Å². The zero-order valence-electron chi connectivity index (χ0n) is 16.9. The first kappa shape index (κ1) is 20.3. The molecule has 0 unspecified atom stereocenters. The first-order valence-electron chi connectivity index (χ1n) is 10.4. The maximum Gasteiger partial charge on any atom is 0.226 e. The highest BCUT2D eigenvalue weighted by atomic mass is 35.5. The van der Waals surface area contributed by atoms with E-state index in [4.69, 9.17) is 16.1 Å². The Bertz CT molecular complexity index is 1140. The summed E-state index contributed by atoms with van der Waals surface area (Å²) in [5.74, 6) is 3.84. The summed E-state index contributed by atoms with van der Waals surface area (Å²) in [6.45, 7) is 0.816. The molecule has 1 saturated carbocycles. The van der Waals surface area contributed by atoms with E-state index in [-0.39, 0.29) is 0 Å². The standard InChI is InChI=1S/C23H22ClN5OS/c24-19-12-10-17(11-13-19)21-25-20(30-28-21)7-4-14-31-23-27-26-22(18-8-9-18)29(23)15-16-5-2-1-3-6-16/h1-3,5-6,10-13,18H,4,7-9,14-15H2. The van der Waals surface area contributed by atoms with Crippen molar-refractivity contribution in [2.24, 2.45) is 0 Å². The Morgan fingerprint density at radius 2 is 1.84 bits per heavy atom. The van der Waals surface area contributed by atoms with Gasteiger partial charge in [0.25, 0.3) is 0 Å². The Morgan fingerprint density at radius 3 is 2.61 bits per heavy atom. The highest BCUT2D eigenvalue weighted by molar-refractivity contribution is 7.99. The normalized spacial score (nSPS) is 13.6. The smallest absolute Gasteiger partial charge is 0.226 e. The molecule has 0 spiro atoms. The average molecular weight is 452 g/mol. The molecule has 5 rings (SSSR count). The van der Waals surface area contributed by atoms with Gasteiger partial charge in [-0.25, -0.2) is 0 Å². The molecule has 2 aromatic heterocycles. The van der Waals surface area contributed by atoms with Crippen LogP contribution in [0.2, 0.25) is 5.02 Å². The number of hydrogen-bond donors (Lipinski definition) is 0. The Kier molecular flexibility index (Phi) is 6.04. The Hall–Kier alpha value is -2.64. The van der Waals surface area contributed by atoms with Gasteiger partial charge in [-0.1, -0.05) is 58.9 Å². The van der Waals surface area contributed by atoms with Gasteiger partial charge >= 0.3 is 0 Å². The third-order valence-electron chi connectivity index (χ3n) is 5.21. The Labute approximate surface area is 190 Å². The molecule has 1 aliphatic carbocycles. The number of benzene rings is 2. The monoisotopic (exact) mass is 451 g/mol. The third-order valence-corrected chi connectivity index (χ3v) is 6.51. The van der Waals surface area contributed by atoms with Gasteiger partial charge in [0.05, 0.1) is 6.54 Å². The molecule has 2 heterocycles. The molecule has 0 bridgehead atoms. The number of halogens is 1. The maximum atomic E-state index is 5.94. The molecule has 0 saturated heterocycles. The molecule has 0 radical (unpaired) electrons. The zero-order chi connectivity index (χ0) is 21.0. The van der Waals surface area contributed by atoms with Gasteiger partial charge < -0.3 is 9.09 Å². The van der Waals surface area contributed by atoms with Gasteiger partial charge in [0, 0.05) is 28.7 Å². The van der Waals surface area contributed by atoms with Crippen LogP contribution in [0.25, 0.3) is 11.4 Å². The zero-order valence-corrected chi connectivity index (χ0v) is 18.5. The van der Waals surface area contributed by atoms with E-state index in [1.165, 1.54) is 18.4 Å². The van der Waals surface area contributed by atoms with E-state index in [1.54, 1.807) is 11.8 Å². The van der Waals surface area contributed by atoms with Gasteiger partial charge in [-0.2, -0.15) is 4.98 Å². The molecule has 0 aliphatic heterocycles. The van der Waals surface area contributed by atoms with Gasteiger partial charge in [0.15, 0.2) is 5.16 Å². The highest BCUT2D eigenvalue weighted by Crippen LogP contribution is 2.40. The van der Waals surface area contributed by atoms with Crippen LogP contribution in [-0.2, 0) is 13.0 Å². The molecule has 2 aromatic carbocycles. The molecule has 31 heavy (non-hydrogen) atoms. The van der Waals surface area contributed by atoms with Gasteiger partial charge in [-0.05, 0) is 49.1 Å². The molecule has 8 heteroatoms. The number of nitrogens with zero attached hydrogens (tertiary/aromatic N) is 5. The van der Waals surface area contributed by atoms with E-state index in [1.807, 2.05) is 30.3 Å². The van der Waals surface area contributed by atoms with Crippen molar-refractivity contribution in [3.8, 4) is 11.4 Å². The number of aromatic nitrogens is 5. The second kappa shape index (κ2) is 9.24.